The standard InChI is InChI=1S/C36H32N2O4/c39-30-17-20-38(21-18-30)29-14-12-26(13-15-29)34(40)22-24-4-8-27(9-5-24)36(42)28-10-6-25(7-11-28)23-35(41)32-2-1-3-33-31(32)16-19-37-33/h1-16,19,30,37,39H,17-18,20-23H2. The summed E-state index contributed by atoms with van der Waals surface area (Å²) in [5, 5.41) is 10.6. The maximum absolute atomic E-state index is 13.1. The van der Waals surface area contributed by atoms with Gasteiger partial charge in [-0.2, -0.15) is 0 Å². The predicted molar refractivity (Wildman–Crippen MR) is 165 cm³/mol. The molecule has 0 radical (unpaired) electrons. The molecule has 0 atom stereocenters. The van der Waals surface area contributed by atoms with Crippen LogP contribution in [0.1, 0.15) is 60.6 Å². The summed E-state index contributed by atoms with van der Waals surface area (Å²) < 4.78 is 0. The number of fused-ring (bicyclic) bond motifs is 1. The highest BCUT2D eigenvalue weighted by atomic mass is 16.3. The number of benzene rings is 4. The number of nitrogens with zero attached hydrogens (tertiary/aromatic N) is 1. The lowest BCUT2D eigenvalue weighted by Crippen LogP contribution is -2.35. The van der Waals surface area contributed by atoms with E-state index in [9.17, 15) is 19.5 Å². The lowest BCUT2D eigenvalue weighted by atomic mass is 9.96. The third-order valence-electron chi connectivity index (χ3n) is 8.08. The molecule has 2 N–H and O–H groups in total. The van der Waals surface area contributed by atoms with Crippen LogP contribution >= 0.6 is 0 Å². The van der Waals surface area contributed by atoms with Gasteiger partial charge in [0.15, 0.2) is 17.3 Å². The Morgan fingerprint density at radius 1 is 0.690 bits per heavy atom. The van der Waals surface area contributed by atoms with Crippen LogP contribution in [0.5, 0.6) is 0 Å². The third-order valence-corrected chi connectivity index (χ3v) is 8.08. The molecular formula is C36H32N2O4. The van der Waals surface area contributed by atoms with E-state index in [0.29, 0.717) is 22.3 Å². The van der Waals surface area contributed by atoms with Crippen LogP contribution in [0.4, 0.5) is 5.69 Å². The lowest BCUT2D eigenvalue weighted by Gasteiger charge is -2.31. The number of H-pyrrole nitrogens is 1. The summed E-state index contributed by atoms with van der Waals surface area (Å²) in [6.45, 7) is 1.63. The maximum Gasteiger partial charge on any atom is 0.193 e. The molecule has 1 aliphatic rings. The van der Waals surface area contributed by atoms with E-state index < -0.39 is 0 Å². The van der Waals surface area contributed by atoms with E-state index in [-0.39, 0.29) is 36.3 Å². The molecule has 2 heterocycles. The lowest BCUT2D eigenvalue weighted by molar-refractivity contribution is 0.0985. The molecule has 6 nitrogen and oxygen atoms in total. The summed E-state index contributed by atoms with van der Waals surface area (Å²) in [7, 11) is 0. The molecular weight excluding hydrogens is 524 g/mol. The van der Waals surface area contributed by atoms with E-state index in [1.165, 1.54) is 0 Å². The SMILES string of the molecule is O=C(Cc1ccc(C(=O)c2ccc(CC(=O)c3cccc4[nH]ccc34)cc2)cc1)c1ccc(N2CCC(O)CC2)cc1. The second kappa shape index (κ2) is 12.0. The Kier molecular flexibility index (Phi) is 7.80. The molecule has 0 spiro atoms. The Morgan fingerprint density at radius 3 is 1.88 bits per heavy atom. The summed E-state index contributed by atoms with van der Waals surface area (Å²) >= 11 is 0. The molecule has 0 aliphatic carbocycles. The fourth-order valence-electron chi connectivity index (χ4n) is 5.59. The summed E-state index contributed by atoms with van der Waals surface area (Å²) in [6.07, 6.45) is 3.64. The molecule has 1 aromatic heterocycles. The Bertz CT molecular complexity index is 1730. The van der Waals surface area contributed by atoms with Crippen molar-refractivity contribution in [3.63, 3.8) is 0 Å². The molecule has 6 heteroatoms. The van der Waals surface area contributed by atoms with Crippen LogP contribution in [0.15, 0.2) is 103 Å². The second-order valence-electron chi connectivity index (χ2n) is 10.9. The van der Waals surface area contributed by atoms with Crippen LogP contribution in [0.25, 0.3) is 10.9 Å². The highest BCUT2D eigenvalue weighted by Crippen LogP contribution is 2.22. The number of hydrogen-bond donors (Lipinski definition) is 2. The predicted octanol–water partition coefficient (Wildman–Crippen LogP) is 6.21. The van der Waals surface area contributed by atoms with Crippen molar-refractivity contribution in [3.05, 3.63) is 137 Å². The Hall–Kier alpha value is -4.81. The fourth-order valence-corrected chi connectivity index (χ4v) is 5.59. The number of ketones is 3. The van der Waals surface area contributed by atoms with Crippen LogP contribution in [0.2, 0.25) is 0 Å². The van der Waals surface area contributed by atoms with E-state index in [0.717, 1.165) is 53.6 Å². The van der Waals surface area contributed by atoms with Crippen molar-refractivity contribution < 1.29 is 19.5 Å². The monoisotopic (exact) mass is 556 g/mol. The molecule has 0 amide bonds. The van der Waals surface area contributed by atoms with Gasteiger partial charge in [-0.1, -0.05) is 60.7 Å². The average Bonchev–Trinajstić information content (AvgIpc) is 3.51. The van der Waals surface area contributed by atoms with Gasteiger partial charge in [0.05, 0.1) is 6.10 Å². The van der Waals surface area contributed by atoms with Crippen molar-refractivity contribution in [2.75, 3.05) is 18.0 Å². The molecule has 6 rings (SSSR count). The number of nitrogens with one attached hydrogen (secondary N) is 1. The van der Waals surface area contributed by atoms with Gasteiger partial charge < -0.3 is 15.0 Å². The molecule has 4 aromatic carbocycles. The van der Waals surface area contributed by atoms with Gasteiger partial charge in [-0.05, 0) is 60.4 Å². The van der Waals surface area contributed by atoms with Gasteiger partial charge in [-0.25, -0.2) is 0 Å². The molecule has 1 saturated heterocycles. The summed E-state index contributed by atoms with van der Waals surface area (Å²) in [4.78, 5) is 44.3. The van der Waals surface area contributed by atoms with E-state index in [4.69, 9.17) is 0 Å². The average molecular weight is 557 g/mol. The van der Waals surface area contributed by atoms with Crippen molar-refractivity contribution in [2.24, 2.45) is 0 Å². The first-order valence-corrected chi connectivity index (χ1v) is 14.3. The van der Waals surface area contributed by atoms with Crippen molar-refractivity contribution in [2.45, 2.75) is 31.8 Å². The van der Waals surface area contributed by atoms with Crippen molar-refractivity contribution >= 4 is 33.9 Å². The minimum atomic E-state index is -0.219. The van der Waals surface area contributed by atoms with Gasteiger partial charge in [0.2, 0.25) is 0 Å². The summed E-state index contributed by atoms with van der Waals surface area (Å²) in [5.74, 6) is -0.0562. The smallest absolute Gasteiger partial charge is 0.193 e. The molecule has 0 bridgehead atoms. The number of aliphatic hydroxyl groups is 1. The van der Waals surface area contributed by atoms with E-state index in [2.05, 4.69) is 9.88 Å². The molecule has 5 aromatic rings. The third kappa shape index (κ3) is 5.94. The van der Waals surface area contributed by atoms with Crippen LogP contribution in [-0.2, 0) is 12.8 Å². The zero-order chi connectivity index (χ0) is 29.1. The van der Waals surface area contributed by atoms with E-state index in [1.54, 1.807) is 24.3 Å². The first-order chi connectivity index (χ1) is 20.4. The molecule has 0 saturated carbocycles. The van der Waals surface area contributed by atoms with Gasteiger partial charge in [0.25, 0.3) is 0 Å². The van der Waals surface area contributed by atoms with E-state index in [1.807, 2.05) is 79.0 Å². The molecule has 42 heavy (non-hydrogen) atoms. The molecule has 0 unspecified atom stereocenters. The Balaban J connectivity index is 1.05. The number of aromatic amines is 1. The number of carbonyl (C=O) groups excluding carboxylic acids is 3. The van der Waals surface area contributed by atoms with Gasteiger partial charge in [-0.15, -0.1) is 0 Å². The van der Waals surface area contributed by atoms with Crippen molar-refractivity contribution in [1.82, 2.24) is 4.98 Å². The van der Waals surface area contributed by atoms with Crippen LogP contribution in [0, 0.1) is 0 Å². The van der Waals surface area contributed by atoms with Crippen LogP contribution < -0.4 is 4.90 Å². The second-order valence-corrected chi connectivity index (χ2v) is 10.9. The first-order valence-electron chi connectivity index (χ1n) is 14.3. The highest BCUT2D eigenvalue weighted by Gasteiger charge is 2.18. The quantitative estimate of drug-likeness (QED) is 0.211. The molecule has 1 fully saturated rings. The number of anilines is 1. The van der Waals surface area contributed by atoms with Gasteiger partial charge in [0, 0.05) is 71.0 Å². The number of hydrogen-bond acceptors (Lipinski definition) is 5. The number of piperidine rings is 1. The van der Waals surface area contributed by atoms with Gasteiger partial charge in [0.1, 0.15) is 0 Å². The Labute approximate surface area is 244 Å². The number of Topliss-reactive ketones (excluding diaryl/α,β-unsaturated/α-hetero) is 2. The number of rotatable bonds is 9. The summed E-state index contributed by atoms with van der Waals surface area (Å²) in [6, 6.07) is 29.6. The molecule has 1 aliphatic heterocycles. The van der Waals surface area contributed by atoms with Crippen LogP contribution in [0.3, 0.4) is 0 Å². The largest absolute Gasteiger partial charge is 0.393 e. The van der Waals surface area contributed by atoms with E-state index >= 15 is 0 Å². The Morgan fingerprint density at radius 2 is 1.26 bits per heavy atom. The number of aromatic nitrogens is 1. The zero-order valence-electron chi connectivity index (χ0n) is 23.3. The van der Waals surface area contributed by atoms with Crippen molar-refractivity contribution in [3.8, 4) is 0 Å². The minimum Gasteiger partial charge on any atom is -0.393 e. The number of carbonyl (C=O) groups is 3. The fraction of sp³-hybridized carbons (Fsp3) is 0.194. The maximum atomic E-state index is 13.1. The first kappa shape index (κ1) is 27.4. The zero-order valence-corrected chi connectivity index (χ0v) is 23.3. The van der Waals surface area contributed by atoms with Crippen LogP contribution in [-0.4, -0.2) is 46.6 Å². The van der Waals surface area contributed by atoms with Gasteiger partial charge in [-0.3, -0.25) is 14.4 Å². The topological polar surface area (TPSA) is 90.5 Å². The summed E-state index contributed by atoms with van der Waals surface area (Å²) in [5.41, 5.74) is 6.12. The van der Waals surface area contributed by atoms with Crippen molar-refractivity contribution in [1.29, 1.82) is 0 Å². The highest BCUT2D eigenvalue weighted by molar-refractivity contribution is 6.10. The molecule has 210 valence electrons. The van der Waals surface area contributed by atoms with Gasteiger partial charge >= 0.3 is 0 Å². The number of aliphatic hydroxyl groups excluding tert-OH is 1. The minimum absolute atomic E-state index is 0.0209. The normalized spacial score (nSPS) is 13.8.